The monoisotopic (exact) mass is 264 g/mol. The molecule has 4 heteroatoms. The molecular formula is C15H24N2O2. The van der Waals surface area contributed by atoms with Crippen LogP contribution >= 0.6 is 0 Å². The maximum Gasteiger partial charge on any atom is 0.220 e. The summed E-state index contributed by atoms with van der Waals surface area (Å²) in [4.78, 5) is 11.6. The second-order valence-corrected chi connectivity index (χ2v) is 4.52. The van der Waals surface area contributed by atoms with Crippen LogP contribution in [0.4, 0.5) is 0 Å². The van der Waals surface area contributed by atoms with Gasteiger partial charge < -0.3 is 15.4 Å². The zero-order valence-electron chi connectivity index (χ0n) is 12.1. The van der Waals surface area contributed by atoms with Crippen molar-refractivity contribution in [3.05, 3.63) is 29.3 Å². The number of carbonyl (C=O) groups is 1. The van der Waals surface area contributed by atoms with Crippen LogP contribution < -0.4 is 15.4 Å². The third-order valence-corrected chi connectivity index (χ3v) is 2.86. The van der Waals surface area contributed by atoms with Crippen molar-refractivity contribution >= 4 is 5.91 Å². The van der Waals surface area contributed by atoms with E-state index < -0.39 is 0 Å². The third kappa shape index (κ3) is 5.75. The summed E-state index contributed by atoms with van der Waals surface area (Å²) in [7, 11) is 1.89. The molecule has 0 saturated heterocycles. The molecule has 0 heterocycles. The average molecular weight is 264 g/mol. The van der Waals surface area contributed by atoms with Crippen LogP contribution in [0.1, 0.15) is 30.9 Å². The van der Waals surface area contributed by atoms with E-state index in [0.29, 0.717) is 19.6 Å². The van der Waals surface area contributed by atoms with Crippen LogP contribution in [0.15, 0.2) is 18.2 Å². The molecule has 0 aromatic heterocycles. The van der Waals surface area contributed by atoms with Gasteiger partial charge in [0.1, 0.15) is 5.75 Å². The smallest absolute Gasteiger partial charge is 0.220 e. The molecule has 0 spiro atoms. The number of rotatable bonds is 8. The van der Waals surface area contributed by atoms with Gasteiger partial charge in [0.05, 0.1) is 6.61 Å². The highest BCUT2D eigenvalue weighted by Crippen LogP contribution is 2.18. The summed E-state index contributed by atoms with van der Waals surface area (Å²) in [5.41, 5.74) is 2.20. The summed E-state index contributed by atoms with van der Waals surface area (Å²) >= 11 is 0. The van der Waals surface area contributed by atoms with Gasteiger partial charge in [-0.15, -0.1) is 0 Å². The topological polar surface area (TPSA) is 50.4 Å². The highest BCUT2D eigenvalue weighted by Gasteiger charge is 2.03. The van der Waals surface area contributed by atoms with Crippen molar-refractivity contribution in [2.24, 2.45) is 0 Å². The molecular weight excluding hydrogens is 240 g/mol. The molecule has 0 aliphatic carbocycles. The van der Waals surface area contributed by atoms with Gasteiger partial charge in [-0.3, -0.25) is 4.79 Å². The van der Waals surface area contributed by atoms with Crippen molar-refractivity contribution in [3.63, 3.8) is 0 Å². The zero-order valence-corrected chi connectivity index (χ0v) is 12.1. The molecule has 4 nitrogen and oxygen atoms in total. The largest absolute Gasteiger partial charge is 0.494 e. The van der Waals surface area contributed by atoms with Gasteiger partial charge >= 0.3 is 0 Å². The predicted molar refractivity (Wildman–Crippen MR) is 77.4 cm³/mol. The van der Waals surface area contributed by atoms with Crippen molar-refractivity contribution in [2.45, 2.75) is 33.2 Å². The van der Waals surface area contributed by atoms with E-state index in [9.17, 15) is 4.79 Å². The molecule has 0 aliphatic rings. The van der Waals surface area contributed by atoms with E-state index in [1.807, 2.05) is 33.0 Å². The molecule has 1 amide bonds. The first-order chi connectivity index (χ1) is 9.17. The summed E-state index contributed by atoms with van der Waals surface area (Å²) in [6.45, 7) is 6.10. The van der Waals surface area contributed by atoms with Gasteiger partial charge in [-0.2, -0.15) is 0 Å². The van der Waals surface area contributed by atoms with Gasteiger partial charge in [-0.05, 0) is 51.1 Å². The Morgan fingerprint density at radius 2 is 2.16 bits per heavy atom. The summed E-state index contributed by atoms with van der Waals surface area (Å²) in [5.74, 6) is 1.01. The Hall–Kier alpha value is -1.55. The molecule has 1 aromatic rings. The molecule has 0 saturated carbocycles. The van der Waals surface area contributed by atoms with E-state index >= 15 is 0 Å². The summed E-state index contributed by atoms with van der Waals surface area (Å²) in [6.07, 6.45) is 1.43. The lowest BCUT2D eigenvalue weighted by Gasteiger charge is -2.10. The van der Waals surface area contributed by atoms with Crippen LogP contribution in [0.5, 0.6) is 5.75 Å². The highest BCUT2D eigenvalue weighted by molar-refractivity contribution is 5.75. The van der Waals surface area contributed by atoms with Crippen LogP contribution in [0, 0.1) is 6.92 Å². The molecule has 0 fully saturated rings. The average Bonchev–Trinajstić information content (AvgIpc) is 2.40. The Kier molecular flexibility index (Phi) is 6.97. The lowest BCUT2D eigenvalue weighted by Crippen LogP contribution is -2.23. The van der Waals surface area contributed by atoms with E-state index in [1.165, 1.54) is 0 Å². The molecule has 1 aromatic carbocycles. The third-order valence-electron chi connectivity index (χ3n) is 2.86. The Labute approximate surface area is 115 Å². The molecule has 0 bridgehead atoms. The van der Waals surface area contributed by atoms with Gasteiger partial charge in [0, 0.05) is 13.0 Å². The van der Waals surface area contributed by atoms with Gasteiger partial charge in [0.15, 0.2) is 0 Å². The van der Waals surface area contributed by atoms with Crippen molar-refractivity contribution in [1.82, 2.24) is 10.6 Å². The van der Waals surface area contributed by atoms with E-state index in [1.54, 1.807) is 0 Å². The van der Waals surface area contributed by atoms with Gasteiger partial charge in [-0.25, -0.2) is 0 Å². The number of nitrogens with one attached hydrogen (secondary N) is 2. The van der Waals surface area contributed by atoms with Crippen LogP contribution in [0.25, 0.3) is 0 Å². The van der Waals surface area contributed by atoms with Crippen LogP contribution in [0.3, 0.4) is 0 Å². The fourth-order valence-electron chi connectivity index (χ4n) is 1.85. The predicted octanol–water partition coefficient (Wildman–Crippen LogP) is 2.01. The van der Waals surface area contributed by atoms with Crippen molar-refractivity contribution in [1.29, 1.82) is 0 Å². The molecule has 0 unspecified atom stereocenters. The van der Waals surface area contributed by atoms with E-state index in [2.05, 4.69) is 16.7 Å². The number of hydrogen-bond acceptors (Lipinski definition) is 3. The summed E-state index contributed by atoms with van der Waals surface area (Å²) in [6, 6.07) is 6.01. The Balaban J connectivity index is 2.41. The zero-order chi connectivity index (χ0) is 14.1. The lowest BCUT2D eigenvalue weighted by atomic mass is 10.1. The van der Waals surface area contributed by atoms with Crippen molar-refractivity contribution in [3.8, 4) is 5.75 Å². The van der Waals surface area contributed by atoms with E-state index in [0.717, 1.165) is 29.8 Å². The fraction of sp³-hybridized carbons (Fsp3) is 0.533. The lowest BCUT2D eigenvalue weighted by molar-refractivity contribution is -0.121. The fourth-order valence-corrected chi connectivity index (χ4v) is 1.85. The number of amides is 1. The maximum atomic E-state index is 11.6. The van der Waals surface area contributed by atoms with E-state index in [-0.39, 0.29) is 5.91 Å². The van der Waals surface area contributed by atoms with Crippen LogP contribution in [-0.2, 0) is 11.3 Å². The Bertz CT molecular complexity index is 405. The molecule has 106 valence electrons. The molecule has 19 heavy (non-hydrogen) atoms. The van der Waals surface area contributed by atoms with Gasteiger partial charge in [0.25, 0.3) is 0 Å². The second-order valence-electron chi connectivity index (χ2n) is 4.52. The minimum absolute atomic E-state index is 0.0989. The van der Waals surface area contributed by atoms with Gasteiger partial charge in [-0.1, -0.05) is 12.1 Å². The first-order valence-corrected chi connectivity index (χ1v) is 6.81. The van der Waals surface area contributed by atoms with E-state index in [4.69, 9.17) is 4.74 Å². The summed E-state index contributed by atoms with van der Waals surface area (Å²) in [5, 5.41) is 5.96. The quantitative estimate of drug-likeness (QED) is 0.706. The Morgan fingerprint density at radius 3 is 2.79 bits per heavy atom. The Morgan fingerprint density at radius 1 is 1.37 bits per heavy atom. The highest BCUT2D eigenvalue weighted by atomic mass is 16.5. The molecule has 0 radical (unpaired) electrons. The molecule has 0 aliphatic heterocycles. The van der Waals surface area contributed by atoms with Gasteiger partial charge in [0.2, 0.25) is 5.91 Å². The minimum Gasteiger partial charge on any atom is -0.494 e. The van der Waals surface area contributed by atoms with Crippen molar-refractivity contribution in [2.75, 3.05) is 20.2 Å². The number of carbonyl (C=O) groups excluding carboxylic acids is 1. The number of aryl methyl sites for hydroxylation is 1. The number of benzene rings is 1. The second kappa shape index (κ2) is 8.53. The summed E-state index contributed by atoms with van der Waals surface area (Å²) < 4.78 is 5.49. The molecule has 2 N–H and O–H groups in total. The molecule has 0 atom stereocenters. The standard InChI is InChI=1S/C15H24N2O2/c1-4-19-14-8-7-13(10-12(14)2)11-17-15(18)6-5-9-16-3/h7-8,10,16H,4-6,9,11H2,1-3H3,(H,17,18). The number of hydrogen-bond donors (Lipinski definition) is 2. The SMILES string of the molecule is CCOc1ccc(CNC(=O)CCCNC)cc1C. The minimum atomic E-state index is 0.0989. The van der Waals surface area contributed by atoms with Crippen LogP contribution in [0.2, 0.25) is 0 Å². The molecule has 1 rings (SSSR count). The first-order valence-electron chi connectivity index (χ1n) is 6.81. The number of ether oxygens (including phenoxy) is 1. The normalized spacial score (nSPS) is 10.3. The maximum absolute atomic E-state index is 11.6. The van der Waals surface area contributed by atoms with Crippen LogP contribution in [-0.4, -0.2) is 26.1 Å². The first kappa shape index (κ1) is 15.5. The van der Waals surface area contributed by atoms with Crippen molar-refractivity contribution < 1.29 is 9.53 Å².